The van der Waals surface area contributed by atoms with E-state index in [1.165, 1.54) is 0 Å². The molecule has 0 spiro atoms. The summed E-state index contributed by atoms with van der Waals surface area (Å²) >= 11 is 0. The Hall–Kier alpha value is -3.08. The Balaban J connectivity index is 2.09. The molecule has 5 heteroatoms. The number of aromatic nitrogens is 1. The molecule has 0 saturated heterocycles. The van der Waals surface area contributed by atoms with Crippen molar-refractivity contribution in [3.05, 3.63) is 87.7 Å². The first-order chi connectivity index (χ1) is 13.6. The lowest BCUT2D eigenvalue weighted by molar-refractivity contribution is 0.102. The van der Waals surface area contributed by atoms with Crippen LogP contribution in [0, 0.1) is 0 Å². The number of nitrogens with one attached hydrogen (secondary N) is 1. The summed E-state index contributed by atoms with van der Waals surface area (Å²) in [6, 6.07) is 14.6. The van der Waals surface area contributed by atoms with Gasteiger partial charge in [-0.15, -0.1) is 0 Å². The highest BCUT2D eigenvalue weighted by Gasteiger charge is 2.21. The molecule has 0 fully saturated rings. The lowest BCUT2D eigenvalue weighted by atomic mass is 10.0. The second-order valence-electron chi connectivity index (χ2n) is 6.81. The van der Waals surface area contributed by atoms with Crippen molar-refractivity contribution >= 4 is 11.6 Å². The quantitative estimate of drug-likeness (QED) is 0.621. The number of rotatable bonds is 8. The van der Waals surface area contributed by atoms with Crippen LogP contribution in [0.5, 0.6) is 0 Å². The molecule has 1 aromatic carbocycles. The number of nitrogens with zero attached hydrogens (tertiary/aromatic N) is 1. The number of hydrogen-bond donors (Lipinski definition) is 1. The Morgan fingerprint density at radius 3 is 2.43 bits per heavy atom. The fourth-order valence-corrected chi connectivity index (χ4v) is 3.43. The Bertz CT molecular complexity index is 973. The summed E-state index contributed by atoms with van der Waals surface area (Å²) in [5.41, 5.74) is 2.37. The summed E-state index contributed by atoms with van der Waals surface area (Å²) in [6.45, 7) is 4.63. The highest BCUT2D eigenvalue weighted by atomic mass is 16.3. The lowest BCUT2D eigenvalue weighted by Gasteiger charge is -2.20. The van der Waals surface area contributed by atoms with E-state index in [0.29, 0.717) is 18.7 Å². The molecule has 0 unspecified atom stereocenters. The van der Waals surface area contributed by atoms with E-state index in [-0.39, 0.29) is 16.9 Å². The lowest BCUT2D eigenvalue weighted by Crippen LogP contribution is -2.29. The van der Waals surface area contributed by atoms with Crippen molar-refractivity contribution in [2.75, 3.05) is 5.32 Å². The van der Waals surface area contributed by atoms with Gasteiger partial charge in [-0.3, -0.25) is 9.59 Å². The number of hydrogen-bond acceptors (Lipinski definition) is 3. The number of pyridine rings is 1. The maximum Gasteiger partial charge on any atom is 0.261 e. The van der Waals surface area contributed by atoms with Gasteiger partial charge in [0, 0.05) is 23.1 Å². The van der Waals surface area contributed by atoms with Crippen molar-refractivity contribution in [2.24, 2.45) is 0 Å². The third-order valence-electron chi connectivity index (χ3n) is 4.65. The first-order valence-corrected chi connectivity index (χ1v) is 9.78. The number of carbonyl (C=O) groups is 1. The molecule has 3 rings (SSSR count). The number of amides is 1. The molecule has 5 nitrogen and oxygen atoms in total. The molecule has 28 heavy (non-hydrogen) atoms. The van der Waals surface area contributed by atoms with Crippen molar-refractivity contribution < 1.29 is 9.21 Å². The van der Waals surface area contributed by atoms with Crippen LogP contribution in [0.4, 0.5) is 5.69 Å². The molecule has 146 valence electrons. The fraction of sp³-hybridized carbons (Fsp3) is 0.304. The number of benzene rings is 1. The predicted octanol–water partition coefficient (Wildman–Crippen LogP) is 4.65. The zero-order valence-electron chi connectivity index (χ0n) is 16.4. The van der Waals surface area contributed by atoms with Crippen LogP contribution in [-0.4, -0.2) is 10.5 Å². The standard InChI is InChI=1S/C23H26N2O3/c1-3-9-18-15-21(26)22(23(27)24-17-11-6-5-7-12-17)20(10-4-2)25(18)16-19-13-8-14-28-19/h5-8,11-15H,3-4,9-10,16H2,1-2H3,(H,24,27). The molecule has 0 aliphatic heterocycles. The molecule has 0 bridgehead atoms. The molecular weight excluding hydrogens is 352 g/mol. The molecule has 1 amide bonds. The first-order valence-electron chi connectivity index (χ1n) is 9.78. The maximum absolute atomic E-state index is 13.0. The molecule has 1 N–H and O–H groups in total. The van der Waals surface area contributed by atoms with Crippen LogP contribution in [0.3, 0.4) is 0 Å². The molecule has 0 saturated carbocycles. The zero-order chi connectivity index (χ0) is 19.9. The molecule has 0 atom stereocenters. The van der Waals surface area contributed by atoms with Gasteiger partial charge in [0.05, 0.1) is 12.8 Å². The number of furan rings is 1. The van der Waals surface area contributed by atoms with Gasteiger partial charge in [0.1, 0.15) is 11.3 Å². The van der Waals surface area contributed by atoms with Crippen LogP contribution < -0.4 is 10.7 Å². The van der Waals surface area contributed by atoms with E-state index in [1.807, 2.05) is 49.4 Å². The van der Waals surface area contributed by atoms with Gasteiger partial charge in [-0.1, -0.05) is 44.9 Å². The largest absolute Gasteiger partial charge is 0.467 e. The molecule has 0 aliphatic rings. The van der Waals surface area contributed by atoms with Crippen LogP contribution in [-0.2, 0) is 19.4 Å². The molecule has 2 aromatic heterocycles. The van der Waals surface area contributed by atoms with Gasteiger partial charge in [-0.2, -0.15) is 0 Å². The zero-order valence-corrected chi connectivity index (χ0v) is 16.4. The van der Waals surface area contributed by atoms with Crippen molar-refractivity contribution in [2.45, 2.75) is 46.1 Å². The van der Waals surface area contributed by atoms with Crippen molar-refractivity contribution in [3.8, 4) is 0 Å². The van der Waals surface area contributed by atoms with E-state index < -0.39 is 0 Å². The van der Waals surface area contributed by atoms with Crippen LogP contribution in [0.2, 0.25) is 0 Å². The highest BCUT2D eigenvalue weighted by Crippen LogP contribution is 2.18. The van der Waals surface area contributed by atoms with E-state index in [9.17, 15) is 9.59 Å². The minimum absolute atomic E-state index is 0.220. The summed E-state index contributed by atoms with van der Waals surface area (Å²) in [4.78, 5) is 25.9. The van der Waals surface area contributed by atoms with Crippen LogP contribution in [0.15, 0.2) is 64.0 Å². The van der Waals surface area contributed by atoms with Gasteiger partial charge < -0.3 is 14.3 Å². The van der Waals surface area contributed by atoms with Gasteiger partial charge in [-0.25, -0.2) is 0 Å². The van der Waals surface area contributed by atoms with Crippen LogP contribution in [0.25, 0.3) is 0 Å². The normalized spacial score (nSPS) is 10.8. The third-order valence-corrected chi connectivity index (χ3v) is 4.65. The number of para-hydroxylation sites is 1. The van der Waals surface area contributed by atoms with Gasteiger partial charge >= 0.3 is 0 Å². The summed E-state index contributed by atoms with van der Waals surface area (Å²) in [5.74, 6) is 0.434. The topological polar surface area (TPSA) is 64.2 Å². The average molecular weight is 378 g/mol. The number of aryl methyl sites for hydroxylation is 1. The summed E-state index contributed by atoms with van der Waals surface area (Å²) in [7, 11) is 0. The Labute approximate surface area is 165 Å². The summed E-state index contributed by atoms with van der Waals surface area (Å²) in [5, 5.41) is 2.86. The Kier molecular flexibility index (Phi) is 6.48. The molecular formula is C23H26N2O3. The minimum Gasteiger partial charge on any atom is -0.467 e. The fourth-order valence-electron chi connectivity index (χ4n) is 3.43. The van der Waals surface area contributed by atoms with E-state index in [0.717, 1.165) is 36.4 Å². The van der Waals surface area contributed by atoms with E-state index in [4.69, 9.17) is 4.42 Å². The molecule has 3 aromatic rings. The second kappa shape index (κ2) is 9.22. The van der Waals surface area contributed by atoms with Crippen LogP contribution in [0.1, 0.15) is 54.2 Å². The van der Waals surface area contributed by atoms with Crippen molar-refractivity contribution in [3.63, 3.8) is 0 Å². The van der Waals surface area contributed by atoms with Gasteiger partial charge in [0.25, 0.3) is 5.91 Å². The highest BCUT2D eigenvalue weighted by molar-refractivity contribution is 6.05. The molecule has 0 aliphatic carbocycles. The Morgan fingerprint density at radius 1 is 1.04 bits per heavy atom. The smallest absolute Gasteiger partial charge is 0.261 e. The van der Waals surface area contributed by atoms with E-state index in [1.54, 1.807) is 12.3 Å². The van der Waals surface area contributed by atoms with Crippen molar-refractivity contribution in [1.82, 2.24) is 4.57 Å². The second-order valence-corrected chi connectivity index (χ2v) is 6.81. The van der Waals surface area contributed by atoms with Crippen LogP contribution >= 0.6 is 0 Å². The van der Waals surface area contributed by atoms with E-state index in [2.05, 4.69) is 16.8 Å². The maximum atomic E-state index is 13.0. The predicted molar refractivity (Wildman–Crippen MR) is 111 cm³/mol. The SMILES string of the molecule is CCCc1cc(=O)c(C(=O)Nc2ccccc2)c(CCC)n1Cc1ccco1. The average Bonchev–Trinajstić information content (AvgIpc) is 3.19. The number of anilines is 1. The first kappa shape index (κ1) is 19.7. The molecule has 0 radical (unpaired) electrons. The summed E-state index contributed by atoms with van der Waals surface area (Å²) in [6.07, 6.45) is 4.80. The number of carbonyl (C=O) groups excluding carboxylic acids is 1. The molecule has 2 heterocycles. The van der Waals surface area contributed by atoms with E-state index >= 15 is 0 Å². The minimum atomic E-state index is -0.365. The van der Waals surface area contributed by atoms with Crippen molar-refractivity contribution in [1.29, 1.82) is 0 Å². The Morgan fingerprint density at radius 2 is 1.79 bits per heavy atom. The third kappa shape index (κ3) is 4.42. The van der Waals surface area contributed by atoms with Gasteiger partial charge in [0.2, 0.25) is 0 Å². The van der Waals surface area contributed by atoms with Gasteiger partial charge in [-0.05, 0) is 37.1 Å². The monoisotopic (exact) mass is 378 g/mol. The summed E-state index contributed by atoms with van der Waals surface area (Å²) < 4.78 is 7.61. The van der Waals surface area contributed by atoms with Gasteiger partial charge in [0.15, 0.2) is 5.43 Å².